The third kappa shape index (κ3) is 6.81. The molecule has 1 atom stereocenters. The number of hydrogen-bond acceptors (Lipinski definition) is 7. The first-order valence-corrected chi connectivity index (χ1v) is 16.0. The largest absolute Gasteiger partial charge is 0.473 e. The third-order valence-electron chi connectivity index (χ3n) is 9.34. The first kappa shape index (κ1) is 29.0. The number of hydroxylamine groups is 2. The normalized spacial score (nSPS) is 21.5. The van der Waals surface area contributed by atoms with Gasteiger partial charge >= 0.3 is 0 Å². The van der Waals surface area contributed by atoms with Gasteiger partial charge in [0, 0.05) is 63.5 Å². The van der Waals surface area contributed by atoms with Gasteiger partial charge in [0.05, 0.1) is 0 Å². The molecule has 44 heavy (non-hydrogen) atoms. The van der Waals surface area contributed by atoms with Crippen LogP contribution in [-0.4, -0.2) is 76.9 Å². The molecule has 2 saturated heterocycles. The predicted molar refractivity (Wildman–Crippen MR) is 172 cm³/mol. The monoisotopic (exact) mass is 590 g/mol. The summed E-state index contributed by atoms with van der Waals surface area (Å²) in [5.41, 5.74) is 7.34. The quantitative estimate of drug-likeness (QED) is 0.312. The van der Waals surface area contributed by atoms with Crippen LogP contribution in [0.25, 0.3) is 5.57 Å². The highest BCUT2D eigenvalue weighted by Gasteiger charge is 2.33. The van der Waals surface area contributed by atoms with Crippen molar-refractivity contribution in [2.24, 2.45) is 5.92 Å². The van der Waals surface area contributed by atoms with Crippen molar-refractivity contribution in [2.75, 3.05) is 45.8 Å². The van der Waals surface area contributed by atoms with Gasteiger partial charge in [0.25, 0.3) is 0 Å². The lowest BCUT2D eigenvalue weighted by Gasteiger charge is -2.46. The summed E-state index contributed by atoms with van der Waals surface area (Å²) in [4.78, 5) is 10.1. The molecule has 1 unspecified atom stereocenters. The molecule has 2 fully saturated rings. The van der Waals surface area contributed by atoms with Crippen molar-refractivity contribution in [2.45, 2.75) is 38.5 Å². The second kappa shape index (κ2) is 13.5. The maximum atomic E-state index is 9.53. The minimum absolute atomic E-state index is 0.451. The number of nitrogens with zero attached hydrogens (tertiary/aromatic N) is 4. The highest BCUT2D eigenvalue weighted by molar-refractivity contribution is 5.86. The summed E-state index contributed by atoms with van der Waals surface area (Å²) >= 11 is 0. The number of aromatic nitrogens is 1. The van der Waals surface area contributed by atoms with Crippen LogP contribution in [-0.2, 0) is 13.2 Å². The van der Waals surface area contributed by atoms with E-state index in [2.05, 4.69) is 58.4 Å². The lowest BCUT2D eigenvalue weighted by Crippen LogP contribution is -2.62. The topological polar surface area (TPSA) is 61.3 Å². The number of hydrogen-bond donors (Lipinski definition) is 1. The summed E-state index contributed by atoms with van der Waals surface area (Å²) in [6.07, 6.45) is 10.4. The Bertz CT molecular complexity index is 1510. The molecule has 0 amide bonds. The SMILES string of the molecule is ON1CC(N2CCN(CC3C=CC4=C(CCC=C4c4ccc(OCc5ccccc5)nc4OCc4ccccc4)C3)CC2)C1. The van der Waals surface area contributed by atoms with Crippen LogP contribution >= 0.6 is 0 Å². The summed E-state index contributed by atoms with van der Waals surface area (Å²) in [5, 5.41) is 11.0. The predicted octanol–water partition coefficient (Wildman–Crippen LogP) is 5.98. The van der Waals surface area contributed by atoms with E-state index in [0.29, 0.717) is 36.9 Å². The number of rotatable bonds is 10. The van der Waals surface area contributed by atoms with Gasteiger partial charge in [-0.1, -0.05) is 84.5 Å². The van der Waals surface area contributed by atoms with Crippen molar-refractivity contribution < 1.29 is 14.7 Å². The molecule has 0 bridgehead atoms. The van der Waals surface area contributed by atoms with Gasteiger partial charge in [0.2, 0.25) is 11.8 Å². The van der Waals surface area contributed by atoms with E-state index in [1.165, 1.54) is 16.2 Å². The Balaban J connectivity index is 1.04. The van der Waals surface area contributed by atoms with Gasteiger partial charge in [-0.05, 0) is 53.5 Å². The van der Waals surface area contributed by atoms with Gasteiger partial charge < -0.3 is 19.6 Å². The van der Waals surface area contributed by atoms with Gasteiger partial charge in [0.1, 0.15) is 13.2 Å². The molecule has 2 aliphatic heterocycles. The molecule has 7 rings (SSSR count). The van der Waals surface area contributed by atoms with E-state index < -0.39 is 0 Å². The molecule has 1 aromatic heterocycles. The minimum Gasteiger partial charge on any atom is -0.473 e. The molecule has 0 saturated carbocycles. The van der Waals surface area contributed by atoms with Gasteiger partial charge in [0.15, 0.2) is 0 Å². The van der Waals surface area contributed by atoms with E-state index in [1.807, 2.05) is 42.5 Å². The summed E-state index contributed by atoms with van der Waals surface area (Å²) in [6, 6.07) is 25.0. The second-order valence-electron chi connectivity index (χ2n) is 12.4. The molecular formula is C37H42N4O3. The highest BCUT2D eigenvalue weighted by Crippen LogP contribution is 2.42. The third-order valence-corrected chi connectivity index (χ3v) is 9.34. The van der Waals surface area contributed by atoms with E-state index in [9.17, 15) is 5.21 Å². The average Bonchev–Trinajstić information content (AvgIpc) is 3.06. The number of piperazine rings is 1. The molecule has 2 aromatic carbocycles. The van der Waals surface area contributed by atoms with Crippen LogP contribution in [0.3, 0.4) is 0 Å². The van der Waals surface area contributed by atoms with E-state index in [1.54, 1.807) is 5.57 Å². The van der Waals surface area contributed by atoms with Gasteiger partial charge in [-0.25, -0.2) is 0 Å². The van der Waals surface area contributed by atoms with Crippen molar-refractivity contribution in [3.8, 4) is 11.8 Å². The number of allylic oxidation sites excluding steroid dienone is 5. The van der Waals surface area contributed by atoms with Gasteiger partial charge in [-0.2, -0.15) is 10.0 Å². The van der Waals surface area contributed by atoms with Crippen molar-refractivity contribution >= 4 is 5.57 Å². The lowest BCUT2D eigenvalue weighted by atomic mass is 9.79. The van der Waals surface area contributed by atoms with Crippen molar-refractivity contribution in [3.63, 3.8) is 0 Å². The van der Waals surface area contributed by atoms with Crippen LogP contribution in [0.15, 0.2) is 102 Å². The van der Waals surface area contributed by atoms with Crippen molar-refractivity contribution in [1.29, 1.82) is 0 Å². The lowest BCUT2D eigenvalue weighted by molar-refractivity contribution is -0.178. The Kier molecular flexibility index (Phi) is 8.89. The molecule has 0 spiro atoms. The maximum absolute atomic E-state index is 9.53. The minimum atomic E-state index is 0.451. The number of ether oxygens (including phenoxy) is 2. The van der Waals surface area contributed by atoms with Crippen LogP contribution in [0, 0.1) is 5.92 Å². The van der Waals surface area contributed by atoms with E-state index >= 15 is 0 Å². The average molecular weight is 591 g/mol. The molecule has 228 valence electrons. The molecule has 2 aliphatic carbocycles. The molecule has 3 aromatic rings. The Labute approximate surface area is 260 Å². The van der Waals surface area contributed by atoms with Crippen molar-refractivity contribution in [3.05, 3.63) is 119 Å². The van der Waals surface area contributed by atoms with E-state index in [0.717, 1.165) is 81.8 Å². The smallest absolute Gasteiger partial charge is 0.225 e. The summed E-state index contributed by atoms with van der Waals surface area (Å²) in [5.74, 6) is 1.72. The van der Waals surface area contributed by atoms with Gasteiger partial charge in [-0.3, -0.25) is 4.90 Å². The standard InChI is InChI=1S/C37H42N4O3/c42-41-24-32(25-41)40-20-18-39(19-21-40)23-30-14-15-33-31(22-30)12-7-13-34(33)35-16-17-36(43-26-28-8-3-1-4-9-28)38-37(35)44-27-29-10-5-2-6-11-29/h1-6,8-11,13-17,30,32,42H,7,12,18-27H2. The van der Waals surface area contributed by atoms with Gasteiger partial charge in [-0.15, -0.1) is 0 Å². The number of benzene rings is 2. The number of pyridine rings is 1. The zero-order chi connectivity index (χ0) is 29.7. The van der Waals surface area contributed by atoms with Crippen LogP contribution < -0.4 is 9.47 Å². The Morgan fingerprint density at radius 2 is 1.52 bits per heavy atom. The zero-order valence-electron chi connectivity index (χ0n) is 25.4. The summed E-state index contributed by atoms with van der Waals surface area (Å²) in [7, 11) is 0. The summed E-state index contributed by atoms with van der Waals surface area (Å²) < 4.78 is 12.5. The first-order valence-electron chi connectivity index (χ1n) is 16.0. The molecule has 7 heteroatoms. The Hall–Kier alpha value is -3.75. The van der Waals surface area contributed by atoms with E-state index in [-0.39, 0.29) is 0 Å². The molecule has 7 nitrogen and oxygen atoms in total. The fraction of sp³-hybridized carbons (Fsp3) is 0.378. The molecule has 0 radical (unpaired) electrons. The molecule has 1 N–H and O–H groups in total. The summed E-state index contributed by atoms with van der Waals surface area (Å²) in [6.45, 7) is 8.01. The highest BCUT2D eigenvalue weighted by atomic mass is 16.5. The van der Waals surface area contributed by atoms with Crippen LogP contribution in [0.2, 0.25) is 0 Å². The van der Waals surface area contributed by atoms with Crippen LogP contribution in [0.4, 0.5) is 0 Å². The second-order valence-corrected chi connectivity index (χ2v) is 12.4. The maximum Gasteiger partial charge on any atom is 0.225 e. The van der Waals surface area contributed by atoms with Crippen LogP contribution in [0.1, 0.15) is 36.0 Å². The van der Waals surface area contributed by atoms with Crippen molar-refractivity contribution in [1.82, 2.24) is 19.8 Å². The van der Waals surface area contributed by atoms with Crippen LogP contribution in [0.5, 0.6) is 11.8 Å². The molecule has 4 aliphatic rings. The first-order chi connectivity index (χ1) is 21.7. The fourth-order valence-corrected chi connectivity index (χ4v) is 6.83. The fourth-order valence-electron chi connectivity index (χ4n) is 6.83. The Morgan fingerprint density at radius 1 is 0.818 bits per heavy atom. The Morgan fingerprint density at radius 3 is 2.23 bits per heavy atom. The van der Waals surface area contributed by atoms with E-state index in [4.69, 9.17) is 14.5 Å². The molecular weight excluding hydrogens is 548 g/mol. The zero-order valence-corrected chi connectivity index (χ0v) is 25.4. The molecule has 3 heterocycles.